The van der Waals surface area contributed by atoms with Gasteiger partial charge in [0.05, 0.1) is 12.3 Å². The highest BCUT2D eigenvalue weighted by atomic mass is 16.5. The van der Waals surface area contributed by atoms with Crippen LogP contribution in [-0.4, -0.2) is 47.2 Å². The number of amides is 3. The van der Waals surface area contributed by atoms with Crippen LogP contribution in [0.4, 0.5) is 5.69 Å². The van der Waals surface area contributed by atoms with Gasteiger partial charge in [0.15, 0.2) is 0 Å². The molecule has 10 nitrogen and oxygen atoms in total. The van der Waals surface area contributed by atoms with Crippen molar-refractivity contribution in [3.8, 4) is 17.0 Å². The van der Waals surface area contributed by atoms with Crippen molar-refractivity contribution in [1.29, 1.82) is 0 Å². The number of ether oxygens (including phenoxy) is 1. The summed E-state index contributed by atoms with van der Waals surface area (Å²) in [7, 11) is 0. The quantitative estimate of drug-likeness (QED) is 0.353. The van der Waals surface area contributed by atoms with Crippen molar-refractivity contribution in [3.05, 3.63) is 76.6 Å². The van der Waals surface area contributed by atoms with Crippen LogP contribution in [0, 0.1) is 5.41 Å². The Hall–Kier alpha value is -4.47. The lowest BCUT2D eigenvalue weighted by atomic mass is 9.95. The first-order valence-corrected chi connectivity index (χ1v) is 12.3. The lowest BCUT2D eigenvalue weighted by Gasteiger charge is -2.17. The zero-order valence-corrected chi connectivity index (χ0v) is 22.0. The van der Waals surface area contributed by atoms with Gasteiger partial charge in [-0.05, 0) is 61.5 Å². The predicted octanol–water partition coefficient (Wildman–Crippen LogP) is 2.84. The second-order valence-corrected chi connectivity index (χ2v) is 9.56. The first kappa shape index (κ1) is 28.1. The van der Waals surface area contributed by atoms with Crippen molar-refractivity contribution in [3.63, 3.8) is 0 Å². The molecule has 0 spiro atoms. The van der Waals surface area contributed by atoms with Crippen LogP contribution in [0.2, 0.25) is 0 Å². The van der Waals surface area contributed by atoms with Crippen molar-refractivity contribution in [2.45, 2.75) is 34.2 Å². The smallest absolute Gasteiger partial charge is 0.267 e. The van der Waals surface area contributed by atoms with Gasteiger partial charge in [0, 0.05) is 41.4 Å². The van der Waals surface area contributed by atoms with Gasteiger partial charge in [-0.15, -0.1) is 0 Å². The summed E-state index contributed by atoms with van der Waals surface area (Å²) < 4.78 is 6.53. The first-order chi connectivity index (χ1) is 18.1. The largest absolute Gasteiger partial charge is 0.494 e. The van der Waals surface area contributed by atoms with Crippen LogP contribution in [0.1, 0.15) is 38.1 Å². The Labute approximate surface area is 221 Å². The molecule has 1 heterocycles. The molecular weight excluding hydrogens is 486 g/mol. The van der Waals surface area contributed by atoms with Gasteiger partial charge >= 0.3 is 0 Å². The van der Waals surface area contributed by atoms with Crippen LogP contribution in [0.25, 0.3) is 11.3 Å². The molecule has 0 atom stereocenters. The van der Waals surface area contributed by atoms with E-state index in [1.165, 1.54) is 6.07 Å². The van der Waals surface area contributed by atoms with Crippen LogP contribution >= 0.6 is 0 Å². The Morgan fingerprint density at radius 2 is 1.55 bits per heavy atom. The highest BCUT2D eigenvalue weighted by molar-refractivity contribution is 5.97. The number of nitrogens with one attached hydrogen (secondary N) is 3. The normalized spacial score (nSPS) is 10.9. The minimum Gasteiger partial charge on any atom is -0.494 e. The topological polar surface area (TPSA) is 131 Å². The number of rotatable bonds is 10. The second kappa shape index (κ2) is 12.7. The maximum atomic E-state index is 12.4. The number of hydrogen-bond donors (Lipinski definition) is 3. The van der Waals surface area contributed by atoms with Crippen LogP contribution in [0.3, 0.4) is 0 Å². The number of carbonyl (C=O) groups excluding carboxylic acids is 3. The molecule has 1 aromatic heterocycles. The third-order valence-electron chi connectivity index (χ3n) is 5.44. The minimum atomic E-state index is -0.525. The maximum absolute atomic E-state index is 12.4. The summed E-state index contributed by atoms with van der Waals surface area (Å²) in [4.78, 5) is 49.0. The lowest BCUT2D eigenvalue weighted by Crippen LogP contribution is -2.38. The molecule has 2 aromatic carbocycles. The van der Waals surface area contributed by atoms with Gasteiger partial charge < -0.3 is 20.7 Å². The average molecular weight is 520 g/mol. The summed E-state index contributed by atoms with van der Waals surface area (Å²) in [6.45, 7) is 8.04. The molecule has 0 unspecified atom stereocenters. The Kier molecular flexibility index (Phi) is 9.37. The SMILES string of the molecule is CCOc1ccc(-c2ccc(=O)n(CC(=O)NCCNC(=O)c3ccc(NC(=O)C(C)(C)C)cc3)n2)cc1. The fourth-order valence-electron chi connectivity index (χ4n) is 3.30. The van der Waals surface area contributed by atoms with E-state index in [1.54, 1.807) is 30.3 Å². The Morgan fingerprint density at radius 3 is 2.18 bits per heavy atom. The van der Waals surface area contributed by atoms with Crippen LogP contribution in [0.15, 0.2) is 65.5 Å². The zero-order valence-electron chi connectivity index (χ0n) is 22.0. The summed E-state index contributed by atoms with van der Waals surface area (Å²) in [5, 5.41) is 12.5. The molecule has 0 fully saturated rings. The van der Waals surface area contributed by atoms with Crippen LogP contribution in [0.5, 0.6) is 5.75 Å². The van der Waals surface area contributed by atoms with E-state index in [4.69, 9.17) is 4.74 Å². The highest BCUT2D eigenvalue weighted by Gasteiger charge is 2.21. The van der Waals surface area contributed by atoms with Gasteiger partial charge in [-0.2, -0.15) is 5.10 Å². The van der Waals surface area contributed by atoms with E-state index in [-0.39, 0.29) is 31.4 Å². The van der Waals surface area contributed by atoms with Crippen LogP contribution in [-0.2, 0) is 16.1 Å². The van der Waals surface area contributed by atoms with E-state index in [9.17, 15) is 19.2 Å². The van der Waals surface area contributed by atoms with Crippen molar-refractivity contribution in [1.82, 2.24) is 20.4 Å². The number of hydrogen-bond acceptors (Lipinski definition) is 6. The summed E-state index contributed by atoms with van der Waals surface area (Å²) in [5.41, 5.74) is 1.44. The average Bonchev–Trinajstić information content (AvgIpc) is 2.88. The van der Waals surface area contributed by atoms with Gasteiger partial charge in [-0.1, -0.05) is 20.8 Å². The van der Waals surface area contributed by atoms with E-state index < -0.39 is 16.9 Å². The fourth-order valence-corrected chi connectivity index (χ4v) is 3.30. The first-order valence-electron chi connectivity index (χ1n) is 12.3. The molecule has 0 bridgehead atoms. The third-order valence-corrected chi connectivity index (χ3v) is 5.44. The number of aromatic nitrogens is 2. The van der Waals surface area contributed by atoms with E-state index >= 15 is 0 Å². The number of benzene rings is 2. The Morgan fingerprint density at radius 1 is 0.895 bits per heavy atom. The molecule has 0 aliphatic carbocycles. The molecule has 0 saturated heterocycles. The molecule has 38 heavy (non-hydrogen) atoms. The maximum Gasteiger partial charge on any atom is 0.267 e. The van der Waals surface area contributed by atoms with E-state index in [0.29, 0.717) is 23.6 Å². The second-order valence-electron chi connectivity index (χ2n) is 9.56. The van der Waals surface area contributed by atoms with Gasteiger partial charge in [0.25, 0.3) is 11.5 Å². The van der Waals surface area contributed by atoms with Crippen molar-refractivity contribution >= 4 is 23.4 Å². The highest BCUT2D eigenvalue weighted by Crippen LogP contribution is 2.20. The molecule has 0 radical (unpaired) electrons. The summed E-state index contributed by atoms with van der Waals surface area (Å²) in [6, 6.07) is 16.8. The van der Waals surface area contributed by atoms with Gasteiger partial charge in [0.2, 0.25) is 11.8 Å². The van der Waals surface area contributed by atoms with Crippen molar-refractivity contribution in [2.24, 2.45) is 5.41 Å². The summed E-state index contributed by atoms with van der Waals surface area (Å²) >= 11 is 0. The van der Waals surface area contributed by atoms with Crippen molar-refractivity contribution in [2.75, 3.05) is 25.0 Å². The molecule has 0 aliphatic rings. The molecule has 3 rings (SSSR count). The van der Waals surface area contributed by atoms with Gasteiger partial charge in [-0.25, -0.2) is 4.68 Å². The predicted molar refractivity (Wildman–Crippen MR) is 145 cm³/mol. The standard InChI is InChI=1S/C28H33N5O5/c1-5-38-22-12-8-19(9-13-22)23-14-15-25(35)33(32-23)18-24(34)29-16-17-30-26(36)20-6-10-21(11-7-20)31-27(37)28(2,3)4/h6-15H,5,16-18H2,1-4H3,(H,29,34)(H,30,36)(H,31,37). The summed E-state index contributed by atoms with van der Waals surface area (Å²) in [5.74, 6) is -0.103. The number of nitrogens with zero attached hydrogens (tertiary/aromatic N) is 2. The monoisotopic (exact) mass is 519 g/mol. The molecular formula is C28H33N5O5. The molecule has 200 valence electrons. The van der Waals surface area contributed by atoms with Crippen molar-refractivity contribution < 1.29 is 19.1 Å². The van der Waals surface area contributed by atoms with E-state index in [1.807, 2.05) is 52.0 Å². The molecule has 3 N–H and O–H groups in total. The zero-order chi connectivity index (χ0) is 27.7. The Bertz CT molecular complexity index is 1330. The molecule has 0 saturated carbocycles. The van der Waals surface area contributed by atoms with Crippen LogP contribution < -0.4 is 26.2 Å². The minimum absolute atomic E-state index is 0.120. The third kappa shape index (κ3) is 8.02. The van der Waals surface area contributed by atoms with Gasteiger partial charge in [-0.3, -0.25) is 19.2 Å². The molecule has 0 aliphatic heterocycles. The summed E-state index contributed by atoms with van der Waals surface area (Å²) in [6.07, 6.45) is 0. The number of anilines is 1. The fraction of sp³-hybridized carbons (Fsp3) is 0.321. The molecule has 3 amide bonds. The van der Waals surface area contributed by atoms with E-state index in [0.717, 1.165) is 16.0 Å². The van der Waals surface area contributed by atoms with E-state index in [2.05, 4.69) is 21.0 Å². The molecule has 10 heteroatoms. The Balaban J connectivity index is 1.47. The van der Waals surface area contributed by atoms with Gasteiger partial charge in [0.1, 0.15) is 12.3 Å². The molecule has 3 aromatic rings. The lowest BCUT2D eigenvalue weighted by molar-refractivity contribution is -0.123. The number of carbonyl (C=O) groups is 3.